The molecular formula is C10H10N2. The van der Waals surface area contributed by atoms with Crippen molar-refractivity contribution in [2.75, 3.05) is 6.54 Å². The second-order valence-electron chi connectivity index (χ2n) is 2.30. The molecule has 0 heterocycles. The van der Waals surface area contributed by atoms with Gasteiger partial charge in [-0.05, 0) is 6.92 Å². The lowest BCUT2D eigenvalue weighted by Crippen LogP contribution is -1.96. The van der Waals surface area contributed by atoms with Gasteiger partial charge in [0, 0.05) is 12.1 Å². The van der Waals surface area contributed by atoms with E-state index in [0.717, 1.165) is 5.56 Å². The summed E-state index contributed by atoms with van der Waals surface area (Å²) in [5.41, 5.74) is 1.40. The van der Waals surface area contributed by atoms with Gasteiger partial charge in [0.2, 0.25) is 0 Å². The zero-order valence-corrected chi connectivity index (χ0v) is 6.99. The molecule has 0 aliphatic rings. The Morgan fingerprint density at radius 2 is 2.08 bits per heavy atom. The largest absolute Gasteiger partial charge is 0.274 e. The van der Waals surface area contributed by atoms with Crippen LogP contribution in [0.15, 0.2) is 35.3 Å². The van der Waals surface area contributed by atoms with Gasteiger partial charge in [-0.1, -0.05) is 30.3 Å². The minimum Gasteiger partial charge on any atom is -0.274 e. The van der Waals surface area contributed by atoms with Crippen molar-refractivity contribution in [2.45, 2.75) is 6.92 Å². The summed E-state index contributed by atoms with van der Waals surface area (Å²) in [5.74, 6) is 0. The second-order valence-corrected chi connectivity index (χ2v) is 2.30. The maximum atomic E-state index is 8.73. The molecule has 0 aliphatic heterocycles. The zero-order chi connectivity index (χ0) is 8.81. The van der Waals surface area contributed by atoms with E-state index in [9.17, 15) is 0 Å². The van der Waals surface area contributed by atoms with E-state index in [1.54, 1.807) is 0 Å². The van der Waals surface area contributed by atoms with Crippen LogP contribution < -0.4 is 0 Å². The quantitative estimate of drug-likeness (QED) is 0.606. The molecule has 12 heavy (non-hydrogen) atoms. The SMILES string of the molecule is CCN=C(C#N)c1ccccc1. The Hall–Kier alpha value is -1.62. The topological polar surface area (TPSA) is 36.1 Å². The molecule has 1 aromatic carbocycles. The third kappa shape index (κ3) is 1.93. The van der Waals surface area contributed by atoms with Gasteiger partial charge in [0.15, 0.2) is 0 Å². The van der Waals surface area contributed by atoms with Crippen LogP contribution in [0.3, 0.4) is 0 Å². The number of aliphatic imine (C=N–C) groups is 1. The molecule has 0 unspecified atom stereocenters. The maximum Gasteiger partial charge on any atom is 0.142 e. The standard InChI is InChI=1S/C10H10N2/c1-2-12-10(8-11)9-6-4-3-5-7-9/h3-7H,2H2,1H3. The summed E-state index contributed by atoms with van der Waals surface area (Å²) in [6.07, 6.45) is 0. The van der Waals surface area contributed by atoms with Crippen LogP contribution in [-0.4, -0.2) is 12.3 Å². The molecule has 0 N–H and O–H groups in total. The third-order valence-electron chi connectivity index (χ3n) is 1.47. The van der Waals surface area contributed by atoms with Crippen LogP contribution in [0.4, 0.5) is 0 Å². The molecule has 2 nitrogen and oxygen atoms in total. The molecule has 0 aromatic heterocycles. The molecule has 0 atom stereocenters. The highest BCUT2D eigenvalue weighted by atomic mass is 14.7. The number of rotatable bonds is 2. The van der Waals surface area contributed by atoms with Crippen molar-refractivity contribution in [3.8, 4) is 6.07 Å². The van der Waals surface area contributed by atoms with E-state index >= 15 is 0 Å². The summed E-state index contributed by atoms with van der Waals surface area (Å²) in [4.78, 5) is 4.07. The van der Waals surface area contributed by atoms with Crippen molar-refractivity contribution in [2.24, 2.45) is 4.99 Å². The van der Waals surface area contributed by atoms with E-state index in [4.69, 9.17) is 5.26 Å². The van der Waals surface area contributed by atoms with E-state index in [-0.39, 0.29) is 0 Å². The Morgan fingerprint density at radius 3 is 2.58 bits per heavy atom. The zero-order valence-electron chi connectivity index (χ0n) is 6.99. The van der Waals surface area contributed by atoms with Crippen molar-refractivity contribution in [1.29, 1.82) is 5.26 Å². The van der Waals surface area contributed by atoms with Gasteiger partial charge in [-0.15, -0.1) is 0 Å². The van der Waals surface area contributed by atoms with Crippen LogP contribution in [0.1, 0.15) is 12.5 Å². The average Bonchev–Trinajstić information content (AvgIpc) is 2.15. The van der Waals surface area contributed by atoms with Gasteiger partial charge in [-0.3, -0.25) is 4.99 Å². The number of benzene rings is 1. The molecule has 0 bridgehead atoms. The Bertz CT molecular complexity index is 306. The third-order valence-corrected chi connectivity index (χ3v) is 1.47. The first-order valence-corrected chi connectivity index (χ1v) is 3.88. The number of nitrogens with zero attached hydrogens (tertiary/aromatic N) is 2. The van der Waals surface area contributed by atoms with E-state index < -0.39 is 0 Å². The van der Waals surface area contributed by atoms with Crippen LogP contribution >= 0.6 is 0 Å². The van der Waals surface area contributed by atoms with Crippen LogP contribution in [0.5, 0.6) is 0 Å². The van der Waals surface area contributed by atoms with Crippen LogP contribution in [0.25, 0.3) is 0 Å². The molecule has 0 radical (unpaired) electrons. The van der Waals surface area contributed by atoms with Gasteiger partial charge in [0.25, 0.3) is 0 Å². The number of nitriles is 1. The molecular weight excluding hydrogens is 148 g/mol. The lowest BCUT2D eigenvalue weighted by molar-refractivity contribution is 1.13. The summed E-state index contributed by atoms with van der Waals surface area (Å²) in [6, 6.07) is 11.6. The van der Waals surface area contributed by atoms with Crippen molar-refractivity contribution in [3.05, 3.63) is 35.9 Å². The minimum atomic E-state index is 0.512. The minimum absolute atomic E-state index is 0.512. The number of hydrogen-bond acceptors (Lipinski definition) is 2. The molecule has 0 fully saturated rings. The van der Waals surface area contributed by atoms with E-state index in [1.165, 1.54) is 0 Å². The molecule has 2 heteroatoms. The Morgan fingerprint density at radius 1 is 1.42 bits per heavy atom. The number of hydrogen-bond donors (Lipinski definition) is 0. The fraction of sp³-hybridized carbons (Fsp3) is 0.200. The van der Waals surface area contributed by atoms with Crippen molar-refractivity contribution >= 4 is 5.71 Å². The van der Waals surface area contributed by atoms with Crippen LogP contribution in [-0.2, 0) is 0 Å². The Labute approximate surface area is 72.2 Å². The highest BCUT2D eigenvalue weighted by Crippen LogP contribution is 2.00. The normalized spacial score (nSPS) is 10.8. The molecule has 1 aromatic rings. The van der Waals surface area contributed by atoms with Gasteiger partial charge in [0.1, 0.15) is 11.8 Å². The first-order chi connectivity index (χ1) is 5.88. The smallest absolute Gasteiger partial charge is 0.142 e. The lowest BCUT2D eigenvalue weighted by atomic mass is 10.1. The summed E-state index contributed by atoms with van der Waals surface area (Å²) in [7, 11) is 0. The predicted octanol–water partition coefficient (Wildman–Crippen LogP) is 2.02. The predicted molar refractivity (Wildman–Crippen MR) is 49.1 cm³/mol. The molecule has 0 saturated carbocycles. The average molecular weight is 158 g/mol. The van der Waals surface area contributed by atoms with Gasteiger partial charge in [-0.25, -0.2) is 0 Å². The Kier molecular flexibility index (Phi) is 3.04. The highest BCUT2D eigenvalue weighted by Gasteiger charge is 1.98. The summed E-state index contributed by atoms with van der Waals surface area (Å²) >= 11 is 0. The summed E-state index contributed by atoms with van der Waals surface area (Å²) in [5, 5.41) is 8.73. The molecule has 60 valence electrons. The van der Waals surface area contributed by atoms with Crippen molar-refractivity contribution in [1.82, 2.24) is 0 Å². The Balaban J connectivity index is 2.98. The van der Waals surface area contributed by atoms with Gasteiger partial charge in [-0.2, -0.15) is 5.26 Å². The first kappa shape index (κ1) is 8.48. The molecule has 0 saturated heterocycles. The van der Waals surface area contributed by atoms with Crippen molar-refractivity contribution in [3.63, 3.8) is 0 Å². The van der Waals surface area contributed by atoms with Crippen molar-refractivity contribution < 1.29 is 0 Å². The second kappa shape index (κ2) is 4.30. The van der Waals surface area contributed by atoms with Crippen LogP contribution in [0.2, 0.25) is 0 Å². The maximum absolute atomic E-state index is 8.73. The van der Waals surface area contributed by atoms with Crippen LogP contribution in [0, 0.1) is 11.3 Å². The molecule has 0 aliphatic carbocycles. The fourth-order valence-electron chi connectivity index (χ4n) is 0.945. The monoisotopic (exact) mass is 158 g/mol. The van der Waals surface area contributed by atoms with E-state index in [0.29, 0.717) is 12.3 Å². The summed E-state index contributed by atoms with van der Waals surface area (Å²) < 4.78 is 0. The highest BCUT2D eigenvalue weighted by molar-refractivity contribution is 6.11. The summed E-state index contributed by atoms with van der Waals surface area (Å²) in [6.45, 7) is 2.57. The van der Waals surface area contributed by atoms with Gasteiger partial charge >= 0.3 is 0 Å². The molecule has 0 spiro atoms. The molecule has 0 amide bonds. The van der Waals surface area contributed by atoms with Gasteiger partial charge < -0.3 is 0 Å². The van der Waals surface area contributed by atoms with E-state index in [1.807, 2.05) is 37.3 Å². The lowest BCUT2D eigenvalue weighted by Gasteiger charge is -1.95. The first-order valence-electron chi connectivity index (χ1n) is 3.88. The fourth-order valence-corrected chi connectivity index (χ4v) is 0.945. The van der Waals surface area contributed by atoms with E-state index in [2.05, 4.69) is 11.1 Å². The molecule has 1 rings (SSSR count). The van der Waals surface area contributed by atoms with Gasteiger partial charge in [0.05, 0.1) is 0 Å².